The van der Waals surface area contributed by atoms with E-state index < -0.39 is 5.60 Å². The van der Waals surface area contributed by atoms with Crippen LogP contribution in [0.1, 0.15) is 39.5 Å². The molecule has 1 aliphatic heterocycles. The second-order valence-corrected chi connectivity index (χ2v) is 6.91. The van der Waals surface area contributed by atoms with Gasteiger partial charge >= 0.3 is 5.97 Å². The summed E-state index contributed by atoms with van der Waals surface area (Å²) in [6, 6.07) is 7.06. The smallest absolute Gasteiger partial charge is 0.335 e. The molecule has 4 nitrogen and oxygen atoms in total. The number of esters is 1. The molecule has 1 heterocycles. The number of para-hydroxylation sites is 1. The second-order valence-electron chi connectivity index (χ2n) is 6.50. The van der Waals surface area contributed by atoms with Crippen LogP contribution in [0.2, 0.25) is 5.02 Å². The molecule has 1 aromatic rings. The van der Waals surface area contributed by atoms with Crippen molar-refractivity contribution < 1.29 is 14.3 Å². The molecule has 0 unspecified atom stereocenters. The van der Waals surface area contributed by atoms with E-state index in [0.717, 1.165) is 12.8 Å². The lowest BCUT2D eigenvalue weighted by Crippen LogP contribution is -2.40. The van der Waals surface area contributed by atoms with Crippen molar-refractivity contribution in [3.05, 3.63) is 40.4 Å². The molecule has 1 amide bonds. The van der Waals surface area contributed by atoms with Crippen LogP contribution in [0.5, 0.6) is 0 Å². The highest BCUT2D eigenvalue weighted by Gasteiger charge is 2.50. The third-order valence-electron chi connectivity index (χ3n) is 4.86. The standard InChI is InChI=1S/C18H20ClNO3/c1-11-7-9-18(10-8-11)15(12(2)17(22)23-18)16(21)20-14-6-4-3-5-13(14)19/h3-6,11H,7-10H2,1-2H3,(H,20,21). The Morgan fingerprint density at radius 2 is 1.96 bits per heavy atom. The molecule has 1 aliphatic carbocycles. The number of ether oxygens (including phenoxy) is 1. The van der Waals surface area contributed by atoms with E-state index in [9.17, 15) is 9.59 Å². The van der Waals surface area contributed by atoms with E-state index in [2.05, 4.69) is 12.2 Å². The molecular formula is C18H20ClNO3. The van der Waals surface area contributed by atoms with E-state index in [4.69, 9.17) is 16.3 Å². The van der Waals surface area contributed by atoms with Gasteiger partial charge in [-0.05, 0) is 50.7 Å². The molecule has 0 aromatic heterocycles. The molecule has 5 heteroatoms. The van der Waals surface area contributed by atoms with Gasteiger partial charge in [-0.25, -0.2) is 4.79 Å². The van der Waals surface area contributed by atoms with Gasteiger partial charge in [-0.1, -0.05) is 30.7 Å². The molecule has 0 saturated heterocycles. The van der Waals surface area contributed by atoms with Gasteiger partial charge in [0.2, 0.25) is 0 Å². The predicted octanol–water partition coefficient (Wildman–Crippen LogP) is 4.10. The zero-order chi connectivity index (χ0) is 16.6. The summed E-state index contributed by atoms with van der Waals surface area (Å²) in [4.78, 5) is 24.9. The van der Waals surface area contributed by atoms with Gasteiger partial charge in [0.15, 0.2) is 0 Å². The SMILES string of the molecule is CC1=C(C(=O)Nc2ccccc2Cl)C2(CCC(C)CC2)OC1=O. The second kappa shape index (κ2) is 6.00. The fraction of sp³-hybridized carbons (Fsp3) is 0.444. The number of hydrogen-bond donors (Lipinski definition) is 1. The molecule has 0 atom stereocenters. The Morgan fingerprint density at radius 1 is 1.30 bits per heavy atom. The number of benzene rings is 1. The number of rotatable bonds is 2. The topological polar surface area (TPSA) is 55.4 Å². The Kier molecular flexibility index (Phi) is 4.19. The van der Waals surface area contributed by atoms with Crippen molar-refractivity contribution in [2.75, 3.05) is 5.32 Å². The van der Waals surface area contributed by atoms with E-state index in [1.165, 1.54) is 0 Å². The Hall–Kier alpha value is -1.81. The molecule has 0 bridgehead atoms. The van der Waals surface area contributed by atoms with Crippen LogP contribution in [-0.4, -0.2) is 17.5 Å². The van der Waals surface area contributed by atoms with Crippen LogP contribution in [0.15, 0.2) is 35.4 Å². The number of hydrogen-bond acceptors (Lipinski definition) is 3. The molecule has 1 N–H and O–H groups in total. The van der Waals surface area contributed by atoms with Gasteiger partial charge in [0.25, 0.3) is 5.91 Å². The maximum atomic E-state index is 12.8. The van der Waals surface area contributed by atoms with Gasteiger partial charge in [-0.3, -0.25) is 4.79 Å². The Bertz CT molecular complexity index is 687. The predicted molar refractivity (Wildman–Crippen MR) is 89.2 cm³/mol. The summed E-state index contributed by atoms with van der Waals surface area (Å²) in [6.07, 6.45) is 3.29. The van der Waals surface area contributed by atoms with E-state index >= 15 is 0 Å². The summed E-state index contributed by atoms with van der Waals surface area (Å²) >= 11 is 6.11. The fourth-order valence-electron chi connectivity index (χ4n) is 3.45. The maximum absolute atomic E-state index is 12.8. The van der Waals surface area contributed by atoms with Crippen molar-refractivity contribution in [3.8, 4) is 0 Å². The maximum Gasteiger partial charge on any atom is 0.335 e. The van der Waals surface area contributed by atoms with Crippen molar-refractivity contribution in [3.63, 3.8) is 0 Å². The van der Waals surface area contributed by atoms with Crippen LogP contribution in [0, 0.1) is 5.92 Å². The highest BCUT2D eigenvalue weighted by atomic mass is 35.5. The summed E-state index contributed by atoms with van der Waals surface area (Å²) in [5.74, 6) is -0.0898. The van der Waals surface area contributed by atoms with Crippen LogP contribution in [0.4, 0.5) is 5.69 Å². The quantitative estimate of drug-likeness (QED) is 0.829. The molecule has 1 saturated carbocycles. The van der Waals surface area contributed by atoms with E-state index in [-0.39, 0.29) is 11.9 Å². The van der Waals surface area contributed by atoms with Crippen LogP contribution in [-0.2, 0) is 14.3 Å². The van der Waals surface area contributed by atoms with E-state index in [0.29, 0.717) is 40.6 Å². The first-order valence-corrected chi connectivity index (χ1v) is 8.31. The molecule has 1 spiro atoms. The van der Waals surface area contributed by atoms with Crippen LogP contribution >= 0.6 is 11.6 Å². The zero-order valence-corrected chi connectivity index (χ0v) is 14.1. The van der Waals surface area contributed by atoms with Gasteiger partial charge in [-0.2, -0.15) is 0 Å². The first kappa shape index (κ1) is 16.1. The van der Waals surface area contributed by atoms with Gasteiger partial charge in [-0.15, -0.1) is 0 Å². The highest BCUT2D eigenvalue weighted by molar-refractivity contribution is 6.34. The Morgan fingerprint density at radius 3 is 2.61 bits per heavy atom. The van der Waals surface area contributed by atoms with Crippen molar-refractivity contribution in [2.45, 2.75) is 45.1 Å². The monoisotopic (exact) mass is 333 g/mol. The van der Waals surface area contributed by atoms with Crippen LogP contribution in [0.25, 0.3) is 0 Å². The third-order valence-corrected chi connectivity index (χ3v) is 5.19. The first-order valence-electron chi connectivity index (χ1n) is 7.93. The van der Waals surface area contributed by atoms with Gasteiger partial charge in [0, 0.05) is 5.57 Å². The van der Waals surface area contributed by atoms with Crippen molar-refractivity contribution >= 4 is 29.2 Å². The van der Waals surface area contributed by atoms with Crippen molar-refractivity contribution in [1.82, 2.24) is 0 Å². The Labute approximate surface area is 140 Å². The average molecular weight is 334 g/mol. The van der Waals surface area contributed by atoms with Crippen molar-refractivity contribution in [2.24, 2.45) is 5.92 Å². The largest absolute Gasteiger partial charge is 0.451 e. The molecule has 1 aromatic carbocycles. The summed E-state index contributed by atoms with van der Waals surface area (Å²) in [5, 5.41) is 3.29. The lowest BCUT2D eigenvalue weighted by Gasteiger charge is -2.36. The summed E-state index contributed by atoms with van der Waals surface area (Å²) in [5.41, 5.74) is 0.649. The number of amides is 1. The lowest BCUT2D eigenvalue weighted by molar-refractivity contribution is -0.150. The summed E-state index contributed by atoms with van der Waals surface area (Å²) in [7, 11) is 0. The van der Waals surface area contributed by atoms with Crippen LogP contribution < -0.4 is 5.32 Å². The molecule has 122 valence electrons. The van der Waals surface area contributed by atoms with E-state index in [1.807, 2.05) is 0 Å². The zero-order valence-electron chi connectivity index (χ0n) is 13.3. The molecule has 2 aliphatic rings. The third kappa shape index (κ3) is 2.88. The fourth-order valence-corrected chi connectivity index (χ4v) is 3.64. The number of carbonyl (C=O) groups is 2. The number of anilines is 1. The van der Waals surface area contributed by atoms with Crippen LogP contribution in [0.3, 0.4) is 0 Å². The molecule has 0 radical (unpaired) electrons. The minimum atomic E-state index is -0.765. The average Bonchev–Trinajstić information content (AvgIpc) is 2.76. The van der Waals surface area contributed by atoms with Crippen molar-refractivity contribution in [1.29, 1.82) is 0 Å². The number of halogens is 1. The van der Waals surface area contributed by atoms with E-state index in [1.54, 1.807) is 31.2 Å². The summed E-state index contributed by atoms with van der Waals surface area (Å²) < 4.78 is 5.65. The van der Waals surface area contributed by atoms with Gasteiger partial charge < -0.3 is 10.1 Å². The first-order chi connectivity index (χ1) is 10.9. The Balaban J connectivity index is 1.90. The highest BCUT2D eigenvalue weighted by Crippen LogP contribution is 2.45. The summed E-state index contributed by atoms with van der Waals surface area (Å²) in [6.45, 7) is 3.85. The minimum absolute atomic E-state index is 0.295. The normalized spacial score (nSPS) is 27.3. The van der Waals surface area contributed by atoms with Gasteiger partial charge in [0.05, 0.1) is 16.3 Å². The minimum Gasteiger partial charge on any atom is -0.451 e. The lowest BCUT2D eigenvalue weighted by atomic mass is 9.75. The molecule has 3 rings (SSSR count). The molecule has 23 heavy (non-hydrogen) atoms. The van der Waals surface area contributed by atoms with Gasteiger partial charge in [0.1, 0.15) is 5.60 Å². The molecular weight excluding hydrogens is 314 g/mol. The number of carbonyl (C=O) groups excluding carboxylic acids is 2. The molecule has 1 fully saturated rings. The number of nitrogens with one attached hydrogen (secondary N) is 1.